The number of hydrogen-bond acceptors (Lipinski definition) is 3. The van der Waals surface area contributed by atoms with E-state index in [0.29, 0.717) is 13.0 Å². The van der Waals surface area contributed by atoms with E-state index in [1.807, 2.05) is 0 Å². The summed E-state index contributed by atoms with van der Waals surface area (Å²) in [5.74, 6) is 0.108. The van der Waals surface area contributed by atoms with Crippen molar-refractivity contribution >= 4 is 5.91 Å². The molecular formula is C10H18N2O2. The van der Waals surface area contributed by atoms with Crippen LogP contribution in [-0.2, 0) is 4.79 Å². The molecule has 2 saturated heterocycles. The number of aliphatic hydroxyl groups excluding tert-OH is 1. The van der Waals surface area contributed by atoms with E-state index in [1.54, 1.807) is 4.90 Å². The Balaban J connectivity index is 1.72. The van der Waals surface area contributed by atoms with Gasteiger partial charge in [-0.25, -0.2) is 0 Å². The van der Waals surface area contributed by atoms with E-state index < -0.39 is 6.10 Å². The molecule has 14 heavy (non-hydrogen) atoms. The molecule has 0 aromatic rings. The molecule has 4 nitrogen and oxygen atoms in total. The molecule has 1 atom stereocenters. The van der Waals surface area contributed by atoms with Crippen LogP contribution in [0, 0.1) is 0 Å². The molecule has 0 aromatic heterocycles. The summed E-state index contributed by atoms with van der Waals surface area (Å²) < 4.78 is 0. The maximum atomic E-state index is 11.3. The van der Waals surface area contributed by atoms with Crippen LogP contribution in [0.1, 0.15) is 19.3 Å². The molecule has 2 heterocycles. The fourth-order valence-corrected chi connectivity index (χ4v) is 2.24. The highest BCUT2D eigenvalue weighted by atomic mass is 16.3. The number of aliphatic hydroxyl groups is 1. The van der Waals surface area contributed by atoms with Gasteiger partial charge in [0.05, 0.1) is 12.5 Å². The zero-order valence-electron chi connectivity index (χ0n) is 8.48. The molecular weight excluding hydrogens is 180 g/mol. The van der Waals surface area contributed by atoms with Gasteiger partial charge >= 0.3 is 0 Å². The highest BCUT2D eigenvalue weighted by Crippen LogP contribution is 2.12. The smallest absolute Gasteiger partial charge is 0.225 e. The van der Waals surface area contributed by atoms with E-state index >= 15 is 0 Å². The van der Waals surface area contributed by atoms with Gasteiger partial charge in [-0.1, -0.05) is 0 Å². The molecule has 0 aliphatic carbocycles. The van der Waals surface area contributed by atoms with Gasteiger partial charge in [0.15, 0.2) is 0 Å². The molecule has 1 amide bonds. The molecule has 1 N–H and O–H groups in total. The summed E-state index contributed by atoms with van der Waals surface area (Å²) in [5, 5.41) is 9.29. The molecule has 0 bridgehead atoms. The van der Waals surface area contributed by atoms with Crippen molar-refractivity contribution in [3.05, 3.63) is 0 Å². The summed E-state index contributed by atoms with van der Waals surface area (Å²) in [4.78, 5) is 15.5. The van der Waals surface area contributed by atoms with Crippen LogP contribution in [0.25, 0.3) is 0 Å². The monoisotopic (exact) mass is 198 g/mol. The predicted molar refractivity (Wildman–Crippen MR) is 52.9 cm³/mol. The van der Waals surface area contributed by atoms with Crippen LogP contribution in [0.3, 0.4) is 0 Å². The molecule has 2 fully saturated rings. The maximum absolute atomic E-state index is 11.3. The van der Waals surface area contributed by atoms with Gasteiger partial charge < -0.3 is 14.9 Å². The van der Waals surface area contributed by atoms with Gasteiger partial charge in [0.2, 0.25) is 5.91 Å². The number of carbonyl (C=O) groups is 1. The normalized spacial score (nSPS) is 29.1. The molecule has 0 saturated carbocycles. The predicted octanol–water partition coefficient (Wildman–Crippen LogP) is -0.325. The Labute approximate surface area is 84.5 Å². The average molecular weight is 198 g/mol. The van der Waals surface area contributed by atoms with Crippen LogP contribution in [0.2, 0.25) is 0 Å². The summed E-state index contributed by atoms with van der Waals surface area (Å²) in [7, 11) is 0. The van der Waals surface area contributed by atoms with Crippen molar-refractivity contribution < 1.29 is 9.90 Å². The summed E-state index contributed by atoms with van der Waals surface area (Å²) in [5.41, 5.74) is 0. The molecule has 80 valence electrons. The van der Waals surface area contributed by atoms with Crippen LogP contribution in [-0.4, -0.2) is 59.6 Å². The molecule has 0 radical (unpaired) electrons. The molecule has 4 heteroatoms. The van der Waals surface area contributed by atoms with Gasteiger partial charge in [0, 0.05) is 19.6 Å². The first-order valence-corrected chi connectivity index (χ1v) is 5.44. The van der Waals surface area contributed by atoms with E-state index in [9.17, 15) is 9.90 Å². The van der Waals surface area contributed by atoms with Gasteiger partial charge in [-0.3, -0.25) is 4.79 Å². The lowest BCUT2D eigenvalue weighted by Gasteiger charge is -2.20. The second-order valence-corrected chi connectivity index (χ2v) is 4.25. The van der Waals surface area contributed by atoms with E-state index in [2.05, 4.69) is 4.90 Å². The highest BCUT2D eigenvalue weighted by molar-refractivity contribution is 5.78. The minimum atomic E-state index is -0.430. The topological polar surface area (TPSA) is 43.8 Å². The van der Waals surface area contributed by atoms with Crippen molar-refractivity contribution in [2.75, 3.05) is 32.7 Å². The van der Waals surface area contributed by atoms with E-state index in [4.69, 9.17) is 0 Å². The quantitative estimate of drug-likeness (QED) is 0.675. The zero-order valence-corrected chi connectivity index (χ0v) is 8.48. The average Bonchev–Trinajstić information content (AvgIpc) is 2.72. The van der Waals surface area contributed by atoms with E-state index in [1.165, 1.54) is 25.9 Å². The summed E-state index contributed by atoms with van der Waals surface area (Å²) >= 11 is 0. The SMILES string of the molecule is O=C1CC(O)CN1CCN1CCCC1. The summed E-state index contributed by atoms with van der Waals surface area (Å²) in [6.45, 7) is 4.64. The first kappa shape index (κ1) is 9.93. The Morgan fingerprint density at radius 3 is 2.57 bits per heavy atom. The first-order valence-electron chi connectivity index (χ1n) is 5.44. The van der Waals surface area contributed by atoms with Crippen molar-refractivity contribution in [1.82, 2.24) is 9.80 Å². The van der Waals surface area contributed by atoms with Gasteiger partial charge in [-0.05, 0) is 25.9 Å². The number of hydrogen-bond donors (Lipinski definition) is 1. The Kier molecular flexibility index (Phi) is 3.03. The van der Waals surface area contributed by atoms with Crippen molar-refractivity contribution in [3.63, 3.8) is 0 Å². The Hall–Kier alpha value is -0.610. The Morgan fingerprint density at radius 1 is 1.29 bits per heavy atom. The Morgan fingerprint density at radius 2 is 2.00 bits per heavy atom. The summed E-state index contributed by atoms with van der Waals surface area (Å²) in [6, 6.07) is 0. The van der Waals surface area contributed by atoms with Gasteiger partial charge in [-0.2, -0.15) is 0 Å². The number of nitrogens with zero attached hydrogens (tertiary/aromatic N) is 2. The third kappa shape index (κ3) is 2.25. The minimum Gasteiger partial charge on any atom is -0.391 e. The van der Waals surface area contributed by atoms with Crippen molar-refractivity contribution in [1.29, 1.82) is 0 Å². The van der Waals surface area contributed by atoms with Crippen molar-refractivity contribution in [2.24, 2.45) is 0 Å². The number of β-amino-alcohol motifs (C(OH)–C–C–N with tert-alkyl or cyclic N) is 1. The fourth-order valence-electron chi connectivity index (χ4n) is 2.24. The lowest BCUT2D eigenvalue weighted by molar-refractivity contribution is -0.127. The Bertz CT molecular complexity index is 214. The first-order chi connectivity index (χ1) is 6.75. The van der Waals surface area contributed by atoms with E-state index in [-0.39, 0.29) is 5.91 Å². The second-order valence-electron chi connectivity index (χ2n) is 4.25. The standard InChI is InChI=1S/C10H18N2O2/c13-9-7-10(14)12(8-9)6-5-11-3-1-2-4-11/h9,13H,1-8H2. The number of rotatable bonds is 3. The van der Waals surface area contributed by atoms with Gasteiger partial charge in [-0.15, -0.1) is 0 Å². The van der Waals surface area contributed by atoms with Crippen molar-refractivity contribution in [3.8, 4) is 0 Å². The molecule has 1 unspecified atom stereocenters. The minimum absolute atomic E-state index is 0.108. The summed E-state index contributed by atoms with van der Waals surface area (Å²) in [6.07, 6.45) is 2.47. The van der Waals surface area contributed by atoms with Gasteiger partial charge in [0.25, 0.3) is 0 Å². The van der Waals surface area contributed by atoms with Crippen LogP contribution >= 0.6 is 0 Å². The van der Waals surface area contributed by atoms with Gasteiger partial charge in [0.1, 0.15) is 0 Å². The number of likely N-dealkylation sites (tertiary alicyclic amines) is 2. The molecule has 2 aliphatic rings. The lowest BCUT2D eigenvalue weighted by Crippen LogP contribution is -2.35. The second kappa shape index (κ2) is 4.28. The van der Waals surface area contributed by atoms with Crippen LogP contribution < -0.4 is 0 Å². The number of amides is 1. The molecule has 0 spiro atoms. The maximum Gasteiger partial charge on any atom is 0.225 e. The van der Waals surface area contributed by atoms with Crippen LogP contribution in [0.15, 0.2) is 0 Å². The van der Waals surface area contributed by atoms with Crippen molar-refractivity contribution in [2.45, 2.75) is 25.4 Å². The fraction of sp³-hybridized carbons (Fsp3) is 0.900. The molecule has 2 rings (SSSR count). The highest BCUT2D eigenvalue weighted by Gasteiger charge is 2.27. The third-order valence-electron chi connectivity index (χ3n) is 3.08. The molecule has 0 aromatic carbocycles. The van der Waals surface area contributed by atoms with Crippen LogP contribution in [0.5, 0.6) is 0 Å². The molecule has 2 aliphatic heterocycles. The van der Waals surface area contributed by atoms with E-state index in [0.717, 1.165) is 13.1 Å². The number of carbonyl (C=O) groups excluding carboxylic acids is 1. The van der Waals surface area contributed by atoms with Crippen LogP contribution in [0.4, 0.5) is 0 Å². The third-order valence-corrected chi connectivity index (χ3v) is 3.08. The largest absolute Gasteiger partial charge is 0.391 e. The zero-order chi connectivity index (χ0) is 9.97. The lowest BCUT2D eigenvalue weighted by atomic mass is 10.3.